The highest BCUT2D eigenvalue weighted by Crippen LogP contribution is 2.13. The third kappa shape index (κ3) is 4.56. The van der Waals surface area contributed by atoms with E-state index in [0.29, 0.717) is 18.1 Å². The molecule has 2 heterocycles. The van der Waals surface area contributed by atoms with Crippen molar-refractivity contribution in [2.45, 2.75) is 32.9 Å². The van der Waals surface area contributed by atoms with Crippen LogP contribution in [0.3, 0.4) is 0 Å². The van der Waals surface area contributed by atoms with Gasteiger partial charge in [0.15, 0.2) is 5.82 Å². The maximum absolute atomic E-state index is 11.8. The Morgan fingerprint density at radius 3 is 2.57 bits per heavy atom. The quantitative estimate of drug-likeness (QED) is 0.890. The Labute approximate surface area is 135 Å². The molecule has 1 aromatic heterocycles. The van der Waals surface area contributed by atoms with Crippen LogP contribution in [0.5, 0.6) is 0 Å². The van der Waals surface area contributed by atoms with Gasteiger partial charge in [0.2, 0.25) is 0 Å². The summed E-state index contributed by atoms with van der Waals surface area (Å²) in [5.41, 5.74) is 2.39. The fourth-order valence-electron chi connectivity index (χ4n) is 2.73. The fourth-order valence-corrected chi connectivity index (χ4v) is 2.73. The van der Waals surface area contributed by atoms with Crippen molar-refractivity contribution in [1.29, 1.82) is 0 Å². The highest BCUT2D eigenvalue weighted by atomic mass is 16.5. The topological polar surface area (TPSA) is 70.4 Å². The normalized spacial score (nSPS) is 14.8. The van der Waals surface area contributed by atoms with E-state index in [9.17, 15) is 4.79 Å². The molecule has 1 aromatic carbocycles. The number of hydrogen-bond donors (Lipinski definition) is 2. The summed E-state index contributed by atoms with van der Waals surface area (Å²) < 4.78 is 4.90. The number of aromatic nitrogens is 1. The van der Waals surface area contributed by atoms with Crippen LogP contribution in [0.1, 0.15) is 29.7 Å². The van der Waals surface area contributed by atoms with Gasteiger partial charge in [-0.3, -0.25) is 10.2 Å². The fraction of sp³-hybridized carbons (Fsp3) is 0.412. The van der Waals surface area contributed by atoms with Crippen LogP contribution < -0.4 is 10.6 Å². The molecule has 122 valence electrons. The Hall–Kier alpha value is -2.34. The number of hydrogen-bond acceptors (Lipinski definition) is 4. The molecule has 0 aliphatic carbocycles. The van der Waals surface area contributed by atoms with E-state index in [1.54, 1.807) is 13.0 Å². The molecular formula is C17H22N4O2. The maximum Gasteiger partial charge on any atom is 0.320 e. The minimum atomic E-state index is -0.292. The van der Waals surface area contributed by atoms with Crippen molar-refractivity contribution in [3.63, 3.8) is 0 Å². The molecule has 2 N–H and O–H groups in total. The van der Waals surface area contributed by atoms with Crippen molar-refractivity contribution in [3.8, 4) is 0 Å². The van der Waals surface area contributed by atoms with E-state index in [4.69, 9.17) is 4.52 Å². The number of amides is 2. The summed E-state index contributed by atoms with van der Waals surface area (Å²) >= 11 is 0. The molecule has 0 bridgehead atoms. The van der Waals surface area contributed by atoms with Crippen molar-refractivity contribution in [1.82, 2.24) is 15.4 Å². The Morgan fingerprint density at radius 2 is 1.91 bits per heavy atom. The zero-order chi connectivity index (χ0) is 16.1. The number of aryl methyl sites for hydroxylation is 1. The first-order valence-corrected chi connectivity index (χ1v) is 7.97. The van der Waals surface area contributed by atoms with Crippen molar-refractivity contribution >= 4 is 11.8 Å². The van der Waals surface area contributed by atoms with E-state index in [-0.39, 0.29) is 6.03 Å². The molecule has 0 unspecified atom stereocenters. The summed E-state index contributed by atoms with van der Waals surface area (Å²) in [4.78, 5) is 14.3. The zero-order valence-corrected chi connectivity index (χ0v) is 13.3. The molecule has 23 heavy (non-hydrogen) atoms. The Balaban J connectivity index is 1.45. The third-order valence-corrected chi connectivity index (χ3v) is 3.95. The first-order valence-electron chi connectivity index (χ1n) is 7.97. The van der Waals surface area contributed by atoms with Crippen LogP contribution in [-0.2, 0) is 13.1 Å². The van der Waals surface area contributed by atoms with Crippen molar-refractivity contribution in [2.24, 2.45) is 0 Å². The van der Waals surface area contributed by atoms with Gasteiger partial charge in [0, 0.05) is 19.2 Å². The van der Waals surface area contributed by atoms with Crippen LogP contribution in [-0.4, -0.2) is 29.2 Å². The van der Waals surface area contributed by atoms with E-state index in [2.05, 4.69) is 45.0 Å². The van der Waals surface area contributed by atoms with Crippen LogP contribution in [0.2, 0.25) is 0 Å². The smallest absolute Gasteiger partial charge is 0.320 e. The molecule has 1 aliphatic rings. The number of carbonyl (C=O) groups is 1. The van der Waals surface area contributed by atoms with Gasteiger partial charge in [-0.2, -0.15) is 0 Å². The van der Waals surface area contributed by atoms with Crippen LogP contribution in [0.15, 0.2) is 34.9 Å². The van der Waals surface area contributed by atoms with E-state index < -0.39 is 0 Å². The standard InChI is InChI=1S/C17H22N4O2/c1-13-10-16(20-23-13)19-17(22)18-11-14-4-6-15(7-5-14)12-21-8-2-3-9-21/h4-7,10H,2-3,8-9,11-12H2,1H3,(H2,18,19,20,22). The molecule has 2 amide bonds. The van der Waals surface area contributed by atoms with Gasteiger partial charge in [0.1, 0.15) is 5.76 Å². The molecule has 0 spiro atoms. The third-order valence-electron chi connectivity index (χ3n) is 3.95. The second-order valence-corrected chi connectivity index (χ2v) is 5.93. The lowest BCUT2D eigenvalue weighted by atomic mass is 10.1. The number of nitrogens with zero attached hydrogens (tertiary/aromatic N) is 2. The number of anilines is 1. The van der Waals surface area contributed by atoms with Gasteiger partial charge in [-0.1, -0.05) is 29.4 Å². The predicted molar refractivity (Wildman–Crippen MR) is 88.1 cm³/mol. The molecule has 1 saturated heterocycles. The molecule has 0 atom stereocenters. The molecule has 3 rings (SSSR count). The van der Waals surface area contributed by atoms with Gasteiger partial charge in [0.25, 0.3) is 0 Å². The van der Waals surface area contributed by atoms with E-state index in [0.717, 1.165) is 12.1 Å². The van der Waals surface area contributed by atoms with Crippen LogP contribution in [0.4, 0.5) is 10.6 Å². The summed E-state index contributed by atoms with van der Waals surface area (Å²) in [5, 5.41) is 9.16. The Bertz CT molecular complexity index is 645. The lowest BCUT2D eigenvalue weighted by molar-refractivity contribution is 0.251. The number of carbonyl (C=O) groups excluding carboxylic acids is 1. The molecule has 0 saturated carbocycles. The van der Waals surface area contributed by atoms with Gasteiger partial charge in [-0.25, -0.2) is 4.79 Å². The second-order valence-electron chi connectivity index (χ2n) is 5.93. The largest absolute Gasteiger partial charge is 0.360 e. The molecule has 2 aromatic rings. The highest BCUT2D eigenvalue weighted by Gasteiger charge is 2.11. The lowest BCUT2D eigenvalue weighted by Gasteiger charge is -2.14. The minimum Gasteiger partial charge on any atom is -0.360 e. The molecular weight excluding hydrogens is 292 g/mol. The number of nitrogens with one attached hydrogen (secondary N) is 2. The van der Waals surface area contributed by atoms with Crippen LogP contribution >= 0.6 is 0 Å². The average molecular weight is 314 g/mol. The number of urea groups is 1. The maximum atomic E-state index is 11.8. The van der Waals surface area contributed by atoms with Crippen molar-refractivity contribution < 1.29 is 9.32 Å². The van der Waals surface area contributed by atoms with Crippen molar-refractivity contribution in [2.75, 3.05) is 18.4 Å². The Morgan fingerprint density at radius 1 is 1.22 bits per heavy atom. The number of likely N-dealkylation sites (tertiary alicyclic amines) is 1. The van der Waals surface area contributed by atoms with Crippen LogP contribution in [0.25, 0.3) is 0 Å². The van der Waals surface area contributed by atoms with Gasteiger partial charge in [0.05, 0.1) is 0 Å². The zero-order valence-electron chi connectivity index (χ0n) is 13.3. The lowest BCUT2D eigenvalue weighted by Crippen LogP contribution is -2.28. The van der Waals surface area contributed by atoms with Gasteiger partial charge >= 0.3 is 6.03 Å². The van der Waals surface area contributed by atoms with Gasteiger partial charge in [-0.05, 0) is 44.0 Å². The summed E-state index contributed by atoms with van der Waals surface area (Å²) in [6.45, 7) is 5.67. The van der Waals surface area contributed by atoms with Crippen LogP contribution in [0, 0.1) is 6.92 Å². The molecule has 6 nitrogen and oxygen atoms in total. The molecule has 1 fully saturated rings. The average Bonchev–Trinajstić information content (AvgIpc) is 3.19. The summed E-state index contributed by atoms with van der Waals surface area (Å²) in [6, 6.07) is 9.77. The van der Waals surface area contributed by atoms with Crippen molar-refractivity contribution in [3.05, 3.63) is 47.2 Å². The SMILES string of the molecule is Cc1cc(NC(=O)NCc2ccc(CN3CCCC3)cc2)no1. The van der Waals surface area contributed by atoms with E-state index in [1.807, 2.05) is 0 Å². The second kappa shape index (κ2) is 7.28. The summed E-state index contributed by atoms with van der Waals surface area (Å²) in [6.07, 6.45) is 2.62. The van der Waals surface area contributed by atoms with E-state index in [1.165, 1.54) is 31.5 Å². The van der Waals surface area contributed by atoms with Gasteiger partial charge < -0.3 is 9.84 Å². The molecule has 1 aliphatic heterocycles. The molecule has 0 radical (unpaired) electrons. The Kier molecular flexibility index (Phi) is 4.92. The first kappa shape index (κ1) is 15.6. The number of rotatable bonds is 5. The van der Waals surface area contributed by atoms with Gasteiger partial charge in [-0.15, -0.1) is 0 Å². The molecule has 6 heteroatoms. The highest BCUT2D eigenvalue weighted by molar-refractivity contribution is 5.88. The summed E-state index contributed by atoms with van der Waals surface area (Å²) in [7, 11) is 0. The minimum absolute atomic E-state index is 0.292. The first-order chi connectivity index (χ1) is 11.2. The predicted octanol–water partition coefficient (Wildman–Crippen LogP) is 2.90. The monoisotopic (exact) mass is 314 g/mol. The summed E-state index contributed by atoms with van der Waals surface area (Å²) in [5.74, 6) is 1.08. The van der Waals surface area contributed by atoms with E-state index >= 15 is 0 Å². The number of benzene rings is 1.